The van der Waals surface area contributed by atoms with Gasteiger partial charge < -0.3 is 10.2 Å². The Morgan fingerprint density at radius 2 is 2.17 bits per heavy atom. The van der Waals surface area contributed by atoms with Crippen LogP contribution in [0.1, 0.15) is 15.9 Å². The third-order valence-electron chi connectivity index (χ3n) is 1.53. The van der Waals surface area contributed by atoms with Gasteiger partial charge in [-0.25, -0.2) is 4.79 Å². The summed E-state index contributed by atoms with van der Waals surface area (Å²) in [6.07, 6.45) is 0. The molecule has 0 atom stereocenters. The van der Waals surface area contributed by atoms with E-state index in [1.54, 1.807) is 0 Å². The van der Waals surface area contributed by atoms with E-state index in [2.05, 4.69) is 0 Å². The molecule has 2 radical (unpaired) electrons. The van der Waals surface area contributed by atoms with E-state index in [0.717, 1.165) is 0 Å². The van der Waals surface area contributed by atoms with Gasteiger partial charge in [-0.15, -0.1) is 0 Å². The highest BCUT2D eigenvalue weighted by Crippen LogP contribution is 2.06. The van der Waals surface area contributed by atoms with Crippen molar-refractivity contribution in [1.29, 1.82) is 0 Å². The molecule has 0 fully saturated rings. The van der Waals surface area contributed by atoms with E-state index in [1.165, 1.54) is 18.2 Å². The van der Waals surface area contributed by atoms with E-state index < -0.39 is 5.97 Å². The van der Waals surface area contributed by atoms with Crippen molar-refractivity contribution >= 4 is 19.3 Å². The second kappa shape index (κ2) is 3.41. The zero-order valence-corrected chi connectivity index (χ0v) is 6.32. The van der Waals surface area contributed by atoms with E-state index in [-0.39, 0.29) is 12.2 Å². The number of rotatable bonds is 2. The number of aliphatic hydroxyl groups excluding tert-OH is 1. The third-order valence-corrected chi connectivity index (χ3v) is 1.53. The quantitative estimate of drug-likeness (QED) is 0.585. The Labute approximate surface area is 71.1 Å². The molecule has 0 spiro atoms. The van der Waals surface area contributed by atoms with Gasteiger partial charge >= 0.3 is 5.97 Å². The van der Waals surface area contributed by atoms with Gasteiger partial charge in [0.2, 0.25) is 0 Å². The van der Waals surface area contributed by atoms with Crippen LogP contribution >= 0.6 is 0 Å². The number of hydrogen-bond acceptors (Lipinski definition) is 2. The van der Waals surface area contributed by atoms with Gasteiger partial charge in [-0.1, -0.05) is 17.6 Å². The Hall–Kier alpha value is -1.29. The molecular weight excluding hydrogens is 155 g/mol. The average Bonchev–Trinajstić information content (AvgIpc) is 2.03. The molecule has 0 bridgehead atoms. The van der Waals surface area contributed by atoms with Gasteiger partial charge in [0, 0.05) is 0 Å². The lowest BCUT2D eigenvalue weighted by Gasteiger charge is -2.03. The van der Waals surface area contributed by atoms with Crippen LogP contribution in [0.4, 0.5) is 0 Å². The van der Waals surface area contributed by atoms with Crippen molar-refractivity contribution < 1.29 is 15.0 Å². The first-order valence-electron chi connectivity index (χ1n) is 3.37. The largest absolute Gasteiger partial charge is 0.478 e. The van der Waals surface area contributed by atoms with E-state index >= 15 is 0 Å². The third kappa shape index (κ3) is 1.65. The summed E-state index contributed by atoms with van der Waals surface area (Å²) in [7, 11) is 5.40. The van der Waals surface area contributed by atoms with E-state index in [4.69, 9.17) is 18.1 Å². The molecule has 0 aromatic heterocycles. The lowest BCUT2D eigenvalue weighted by atomic mass is 9.92. The fourth-order valence-corrected chi connectivity index (χ4v) is 0.953. The summed E-state index contributed by atoms with van der Waals surface area (Å²) in [6, 6.07) is 4.31. The standard InChI is InChI=1S/C8H7BO3/c9-6-1-2-7(8(11)12)5(3-6)4-10/h1-3,10H,4H2,(H,11,12). The van der Waals surface area contributed by atoms with Gasteiger partial charge in [0.1, 0.15) is 7.85 Å². The fraction of sp³-hybridized carbons (Fsp3) is 0.125. The Morgan fingerprint density at radius 3 is 2.67 bits per heavy atom. The highest BCUT2D eigenvalue weighted by Gasteiger charge is 2.07. The summed E-state index contributed by atoms with van der Waals surface area (Å²) in [6.45, 7) is -0.313. The zero-order valence-electron chi connectivity index (χ0n) is 6.32. The molecule has 0 aliphatic carbocycles. The molecule has 1 aromatic rings. The molecule has 0 aliphatic heterocycles. The van der Waals surface area contributed by atoms with Gasteiger partial charge in [0.05, 0.1) is 12.2 Å². The van der Waals surface area contributed by atoms with Gasteiger partial charge in [0.25, 0.3) is 0 Å². The first kappa shape index (κ1) is 8.81. The summed E-state index contributed by atoms with van der Waals surface area (Å²) in [5.74, 6) is -1.06. The predicted octanol–water partition coefficient (Wildman–Crippen LogP) is -0.329. The summed E-state index contributed by atoms with van der Waals surface area (Å²) in [5.41, 5.74) is 0.873. The molecule has 1 rings (SSSR count). The van der Waals surface area contributed by atoms with Gasteiger partial charge in [-0.2, -0.15) is 0 Å². The first-order chi connectivity index (χ1) is 5.65. The van der Waals surface area contributed by atoms with Crippen molar-refractivity contribution in [3.8, 4) is 0 Å². The molecule has 12 heavy (non-hydrogen) atoms. The number of aliphatic hydroxyl groups is 1. The highest BCUT2D eigenvalue weighted by atomic mass is 16.4. The van der Waals surface area contributed by atoms with E-state index in [9.17, 15) is 4.79 Å². The monoisotopic (exact) mass is 162 g/mol. The number of carboxylic acid groups (broad SMARTS) is 1. The van der Waals surface area contributed by atoms with E-state index in [0.29, 0.717) is 11.0 Å². The maximum atomic E-state index is 10.5. The molecule has 4 heteroatoms. The van der Waals surface area contributed by atoms with Gasteiger partial charge in [0.15, 0.2) is 0 Å². The predicted molar refractivity (Wildman–Crippen MR) is 44.7 cm³/mol. The highest BCUT2D eigenvalue weighted by molar-refractivity contribution is 6.32. The minimum Gasteiger partial charge on any atom is -0.478 e. The Balaban J connectivity index is 3.20. The van der Waals surface area contributed by atoms with Crippen LogP contribution in [-0.2, 0) is 6.61 Å². The molecule has 1 aromatic carbocycles. The molecule has 60 valence electrons. The lowest BCUT2D eigenvalue weighted by Crippen LogP contribution is -2.09. The maximum Gasteiger partial charge on any atom is 0.336 e. The maximum absolute atomic E-state index is 10.5. The smallest absolute Gasteiger partial charge is 0.336 e. The van der Waals surface area contributed by atoms with Crippen LogP contribution in [0.2, 0.25) is 0 Å². The topological polar surface area (TPSA) is 57.5 Å². The molecule has 2 N–H and O–H groups in total. The minimum absolute atomic E-state index is 0.0895. The molecule has 0 saturated heterocycles. The zero-order chi connectivity index (χ0) is 9.14. The van der Waals surface area contributed by atoms with Crippen LogP contribution in [0.3, 0.4) is 0 Å². The number of hydrogen-bond donors (Lipinski definition) is 2. The van der Waals surface area contributed by atoms with Gasteiger partial charge in [-0.05, 0) is 11.6 Å². The second-order valence-corrected chi connectivity index (χ2v) is 2.38. The average molecular weight is 162 g/mol. The van der Waals surface area contributed by atoms with Crippen LogP contribution in [-0.4, -0.2) is 24.0 Å². The first-order valence-corrected chi connectivity index (χ1v) is 3.37. The summed E-state index contributed by atoms with van der Waals surface area (Å²) >= 11 is 0. The summed E-state index contributed by atoms with van der Waals surface area (Å²) in [5, 5.41) is 17.4. The van der Waals surface area contributed by atoms with Crippen LogP contribution in [0, 0.1) is 0 Å². The number of benzene rings is 1. The molecule has 0 heterocycles. The molecular formula is C8H7BO3. The van der Waals surface area contributed by atoms with E-state index in [1.807, 2.05) is 0 Å². The number of carboxylic acids is 1. The fourth-order valence-electron chi connectivity index (χ4n) is 0.953. The lowest BCUT2D eigenvalue weighted by molar-refractivity contribution is 0.0693. The van der Waals surface area contributed by atoms with Crippen molar-refractivity contribution in [2.24, 2.45) is 0 Å². The molecule has 0 amide bonds. The van der Waals surface area contributed by atoms with Gasteiger partial charge in [-0.3, -0.25) is 0 Å². The van der Waals surface area contributed by atoms with Crippen LogP contribution < -0.4 is 5.46 Å². The molecule has 0 saturated carbocycles. The van der Waals surface area contributed by atoms with Crippen molar-refractivity contribution in [3.63, 3.8) is 0 Å². The normalized spacial score (nSPS) is 9.75. The minimum atomic E-state index is -1.06. The van der Waals surface area contributed by atoms with Crippen molar-refractivity contribution in [3.05, 3.63) is 29.3 Å². The Morgan fingerprint density at radius 1 is 1.50 bits per heavy atom. The molecule has 0 unspecified atom stereocenters. The van der Waals surface area contributed by atoms with Crippen molar-refractivity contribution in [2.45, 2.75) is 6.61 Å². The van der Waals surface area contributed by atoms with Crippen LogP contribution in [0.25, 0.3) is 0 Å². The summed E-state index contributed by atoms with van der Waals surface area (Å²) < 4.78 is 0. The number of aromatic carboxylic acids is 1. The molecule has 3 nitrogen and oxygen atoms in total. The van der Waals surface area contributed by atoms with Crippen molar-refractivity contribution in [2.75, 3.05) is 0 Å². The van der Waals surface area contributed by atoms with Crippen LogP contribution in [0.5, 0.6) is 0 Å². The van der Waals surface area contributed by atoms with Crippen molar-refractivity contribution in [1.82, 2.24) is 0 Å². The molecule has 0 aliphatic rings. The number of carbonyl (C=O) groups is 1. The van der Waals surface area contributed by atoms with Crippen LogP contribution in [0.15, 0.2) is 18.2 Å². The second-order valence-electron chi connectivity index (χ2n) is 2.38. The Kier molecular flexibility index (Phi) is 2.50. The summed E-state index contributed by atoms with van der Waals surface area (Å²) in [4.78, 5) is 10.5. The SMILES string of the molecule is [B]c1ccc(C(=O)O)c(CO)c1. The Bertz CT molecular complexity index is 309.